The molecule has 0 spiro atoms. The first-order valence-corrected chi connectivity index (χ1v) is 7.89. The van der Waals surface area contributed by atoms with Gasteiger partial charge in [0, 0.05) is 6.54 Å². The molecular formula is C15H21BrN2O. The maximum atomic E-state index is 12.0. The summed E-state index contributed by atoms with van der Waals surface area (Å²) in [6, 6.07) is 5.40. The standard InChI is InChI=1S/C15H21BrN2O/c1-2-11-6-8-12(9-7-11)10-17-15(19)13-4-3-5-14(16)18-13/h3-5,11-12H,2,6-10H2,1H3,(H,17,19). The minimum atomic E-state index is -0.0704. The number of halogens is 1. The molecule has 1 aliphatic rings. The van der Waals surface area contributed by atoms with Gasteiger partial charge in [-0.2, -0.15) is 0 Å². The molecule has 1 amide bonds. The summed E-state index contributed by atoms with van der Waals surface area (Å²) < 4.78 is 0.698. The van der Waals surface area contributed by atoms with Gasteiger partial charge in [0.05, 0.1) is 0 Å². The SMILES string of the molecule is CCC1CCC(CNC(=O)c2cccc(Br)n2)CC1. The number of hydrogen-bond acceptors (Lipinski definition) is 2. The van der Waals surface area contributed by atoms with E-state index in [-0.39, 0.29) is 5.91 Å². The molecule has 0 aliphatic heterocycles. The van der Waals surface area contributed by atoms with E-state index in [2.05, 4.69) is 33.2 Å². The Morgan fingerprint density at radius 1 is 1.32 bits per heavy atom. The summed E-state index contributed by atoms with van der Waals surface area (Å²) in [7, 11) is 0. The number of carbonyl (C=O) groups excluding carboxylic acids is 1. The van der Waals surface area contributed by atoms with Crippen LogP contribution in [0.15, 0.2) is 22.8 Å². The van der Waals surface area contributed by atoms with Gasteiger partial charge in [0.1, 0.15) is 10.3 Å². The highest BCUT2D eigenvalue weighted by atomic mass is 79.9. The van der Waals surface area contributed by atoms with Crippen LogP contribution in [0.5, 0.6) is 0 Å². The first-order chi connectivity index (χ1) is 9.19. The predicted molar refractivity (Wildman–Crippen MR) is 80.0 cm³/mol. The van der Waals surface area contributed by atoms with E-state index in [4.69, 9.17) is 0 Å². The molecule has 1 heterocycles. The van der Waals surface area contributed by atoms with E-state index in [0.29, 0.717) is 16.2 Å². The molecule has 1 aromatic heterocycles. The molecule has 0 unspecified atom stereocenters. The monoisotopic (exact) mass is 324 g/mol. The minimum Gasteiger partial charge on any atom is -0.350 e. The van der Waals surface area contributed by atoms with Crippen LogP contribution in [0.4, 0.5) is 0 Å². The van der Waals surface area contributed by atoms with Crippen molar-refractivity contribution < 1.29 is 4.79 Å². The molecule has 1 aliphatic carbocycles. The second kappa shape index (κ2) is 7.04. The van der Waals surface area contributed by atoms with Crippen LogP contribution >= 0.6 is 15.9 Å². The van der Waals surface area contributed by atoms with Crippen molar-refractivity contribution in [3.63, 3.8) is 0 Å². The molecule has 2 rings (SSSR count). The van der Waals surface area contributed by atoms with Gasteiger partial charge >= 0.3 is 0 Å². The van der Waals surface area contributed by atoms with Crippen molar-refractivity contribution in [1.82, 2.24) is 10.3 Å². The van der Waals surface area contributed by atoms with Gasteiger partial charge in [-0.1, -0.05) is 32.3 Å². The number of carbonyl (C=O) groups is 1. The van der Waals surface area contributed by atoms with Gasteiger partial charge < -0.3 is 5.32 Å². The fraction of sp³-hybridized carbons (Fsp3) is 0.600. The fourth-order valence-corrected chi connectivity index (χ4v) is 3.05. The van der Waals surface area contributed by atoms with E-state index in [1.165, 1.54) is 32.1 Å². The molecule has 1 N–H and O–H groups in total. The Balaban J connectivity index is 1.78. The van der Waals surface area contributed by atoms with E-state index >= 15 is 0 Å². The first kappa shape index (κ1) is 14.5. The second-order valence-corrected chi connectivity index (χ2v) is 6.16. The smallest absolute Gasteiger partial charge is 0.269 e. The number of nitrogens with one attached hydrogen (secondary N) is 1. The van der Waals surface area contributed by atoms with E-state index in [1.54, 1.807) is 6.07 Å². The maximum Gasteiger partial charge on any atom is 0.269 e. The molecule has 1 fully saturated rings. The van der Waals surface area contributed by atoms with Gasteiger partial charge in [-0.3, -0.25) is 4.79 Å². The van der Waals surface area contributed by atoms with E-state index in [1.807, 2.05) is 12.1 Å². The number of rotatable bonds is 4. The molecule has 0 saturated heterocycles. The Labute approximate surface area is 123 Å². The predicted octanol–water partition coefficient (Wildman–Crippen LogP) is 3.79. The average molecular weight is 325 g/mol. The number of pyridine rings is 1. The van der Waals surface area contributed by atoms with Crippen LogP contribution in [0.2, 0.25) is 0 Å². The van der Waals surface area contributed by atoms with Gasteiger partial charge in [0.2, 0.25) is 0 Å². The minimum absolute atomic E-state index is 0.0704. The van der Waals surface area contributed by atoms with Crippen molar-refractivity contribution in [1.29, 1.82) is 0 Å². The average Bonchev–Trinajstić information content (AvgIpc) is 2.45. The molecule has 1 aromatic rings. The van der Waals surface area contributed by atoms with Gasteiger partial charge in [-0.05, 0) is 52.7 Å². The second-order valence-electron chi connectivity index (χ2n) is 5.35. The molecule has 19 heavy (non-hydrogen) atoms. The molecular weight excluding hydrogens is 304 g/mol. The first-order valence-electron chi connectivity index (χ1n) is 7.09. The molecule has 0 bridgehead atoms. The fourth-order valence-electron chi connectivity index (χ4n) is 2.71. The van der Waals surface area contributed by atoms with Crippen LogP contribution in [-0.2, 0) is 0 Å². The van der Waals surface area contributed by atoms with Crippen LogP contribution in [0, 0.1) is 11.8 Å². The Morgan fingerprint density at radius 3 is 2.63 bits per heavy atom. The van der Waals surface area contributed by atoms with Crippen LogP contribution in [0.1, 0.15) is 49.5 Å². The molecule has 104 valence electrons. The van der Waals surface area contributed by atoms with Crippen LogP contribution < -0.4 is 5.32 Å². The quantitative estimate of drug-likeness (QED) is 0.856. The molecule has 0 aromatic carbocycles. The van der Waals surface area contributed by atoms with E-state index in [0.717, 1.165) is 12.5 Å². The Bertz CT molecular complexity index is 428. The molecule has 1 saturated carbocycles. The highest BCUT2D eigenvalue weighted by Crippen LogP contribution is 2.30. The van der Waals surface area contributed by atoms with E-state index < -0.39 is 0 Å². The normalized spacial score (nSPS) is 23.1. The highest BCUT2D eigenvalue weighted by molar-refractivity contribution is 9.10. The van der Waals surface area contributed by atoms with Crippen molar-refractivity contribution in [3.8, 4) is 0 Å². The van der Waals surface area contributed by atoms with Crippen molar-refractivity contribution in [2.45, 2.75) is 39.0 Å². The summed E-state index contributed by atoms with van der Waals surface area (Å²) >= 11 is 3.28. The number of amides is 1. The molecule has 0 atom stereocenters. The van der Waals surface area contributed by atoms with Crippen molar-refractivity contribution >= 4 is 21.8 Å². The third-order valence-corrected chi connectivity index (χ3v) is 4.48. The zero-order chi connectivity index (χ0) is 13.7. The van der Waals surface area contributed by atoms with Gasteiger partial charge in [-0.25, -0.2) is 4.98 Å². The highest BCUT2D eigenvalue weighted by Gasteiger charge is 2.20. The van der Waals surface area contributed by atoms with Gasteiger partial charge in [-0.15, -0.1) is 0 Å². The number of nitrogens with zero attached hydrogens (tertiary/aromatic N) is 1. The lowest BCUT2D eigenvalue weighted by molar-refractivity contribution is 0.0936. The summed E-state index contributed by atoms with van der Waals surface area (Å²) in [5, 5.41) is 3.01. The largest absolute Gasteiger partial charge is 0.350 e. The summed E-state index contributed by atoms with van der Waals surface area (Å²) in [6.45, 7) is 3.05. The summed E-state index contributed by atoms with van der Waals surface area (Å²) in [5.74, 6) is 1.47. The summed E-state index contributed by atoms with van der Waals surface area (Å²) in [4.78, 5) is 16.1. The van der Waals surface area contributed by atoms with Crippen molar-refractivity contribution in [3.05, 3.63) is 28.5 Å². The Hall–Kier alpha value is -0.900. The molecule has 4 heteroatoms. The van der Waals surface area contributed by atoms with Crippen LogP contribution in [0.3, 0.4) is 0 Å². The zero-order valence-corrected chi connectivity index (χ0v) is 12.9. The number of hydrogen-bond donors (Lipinski definition) is 1. The van der Waals surface area contributed by atoms with Crippen molar-refractivity contribution in [2.75, 3.05) is 6.54 Å². The third kappa shape index (κ3) is 4.30. The van der Waals surface area contributed by atoms with E-state index in [9.17, 15) is 4.79 Å². The molecule has 0 radical (unpaired) electrons. The summed E-state index contributed by atoms with van der Waals surface area (Å²) in [6.07, 6.45) is 6.40. The topological polar surface area (TPSA) is 42.0 Å². The van der Waals surface area contributed by atoms with Crippen LogP contribution in [0.25, 0.3) is 0 Å². The summed E-state index contributed by atoms with van der Waals surface area (Å²) in [5.41, 5.74) is 0.483. The zero-order valence-electron chi connectivity index (χ0n) is 11.4. The van der Waals surface area contributed by atoms with Crippen molar-refractivity contribution in [2.24, 2.45) is 11.8 Å². The maximum absolute atomic E-state index is 12.0. The lowest BCUT2D eigenvalue weighted by Gasteiger charge is -2.27. The lowest BCUT2D eigenvalue weighted by Crippen LogP contribution is -2.31. The molecule has 3 nitrogen and oxygen atoms in total. The number of aromatic nitrogens is 1. The van der Waals surface area contributed by atoms with Gasteiger partial charge in [0.15, 0.2) is 0 Å². The van der Waals surface area contributed by atoms with Gasteiger partial charge in [0.25, 0.3) is 5.91 Å². The third-order valence-electron chi connectivity index (χ3n) is 4.04. The Morgan fingerprint density at radius 2 is 2.00 bits per heavy atom. The Kier molecular flexibility index (Phi) is 5.37. The van der Waals surface area contributed by atoms with Crippen LogP contribution in [-0.4, -0.2) is 17.4 Å². The lowest BCUT2D eigenvalue weighted by atomic mass is 9.81.